The lowest BCUT2D eigenvalue weighted by molar-refractivity contribution is -0.128. The average molecular weight is 287 g/mol. The molecule has 0 spiro atoms. The minimum atomic E-state index is -0.356. The minimum absolute atomic E-state index is 0.132. The smallest absolute Gasteiger partial charge is 0.240 e. The van der Waals surface area contributed by atoms with Gasteiger partial charge in [0.15, 0.2) is 0 Å². The Labute approximate surface area is 126 Å². The highest BCUT2D eigenvalue weighted by molar-refractivity contribution is 5.87. The number of nitrogens with two attached hydrogens (primary N) is 1. The van der Waals surface area contributed by atoms with Gasteiger partial charge >= 0.3 is 0 Å². The topological polar surface area (TPSA) is 67.2 Å². The second-order valence-corrected chi connectivity index (χ2v) is 6.34. The molecule has 1 saturated heterocycles. The molecule has 1 amide bonds. The number of carbonyl (C=O) groups is 1. The normalized spacial score (nSPS) is 28.1. The molecule has 0 bridgehead atoms. The van der Waals surface area contributed by atoms with Crippen LogP contribution in [0.5, 0.6) is 0 Å². The summed E-state index contributed by atoms with van der Waals surface area (Å²) in [6.07, 6.45) is 6.05. The summed E-state index contributed by atoms with van der Waals surface area (Å²) >= 11 is 0. The Bertz CT molecular complexity index is 535. The van der Waals surface area contributed by atoms with Crippen LogP contribution in [0.3, 0.4) is 0 Å². The number of hydrogen-bond acceptors (Lipinski definition) is 3. The summed E-state index contributed by atoms with van der Waals surface area (Å²) in [7, 11) is 0. The lowest BCUT2D eigenvalue weighted by Crippen LogP contribution is -2.54. The molecule has 1 aliphatic heterocycles. The lowest BCUT2D eigenvalue weighted by Gasteiger charge is -2.32. The standard InChI is InChI=1S/C17H25N3O/c1-2-17(9-4-10-19-17)16(21)20-15-6-3-5-12-11-13(18)7-8-14(12)15/h7-8,11,15,19H,2-6,9-10,18H2,1H3,(H,20,21). The first kappa shape index (κ1) is 14.4. The Morgan fingerprint density at radius 1 is 1.48 bits per heavy atom. The van der Waals surface area contributed by atoms with Gasteiger partial charge in [0.2, 0.25) is 5.91 Å². The fraction of sp³-hybridized carbons (Fsp3) is 0.588. The van der Waals surface area contributed by atoms with Gasteiger partial charge in [0.05, 0.1) is 11.6 Å². The Morgan fingerprint density at radius 2 is 2.33 bits per heavy atom. The van der Waals surface area contributed by atoms with Crippen molar-refractivity contribution >= 4 is 11.6 Å². The summed E-state index contributed by atoms with van der Waals surface area (Å²) in [5.41, 5.74) is 8.86. The van der Waals surface area contributed by atoms with Gasteiger partial charge in [0.1, 0.15) is 0 Å². The van der Waals surface area contributed by atoms with E-state index in [0.717, 1.165) is 50.8 Å². The zero-order valence-corrected chi connectivity index (χ0v) is 12.7. The molecule has 1 aliphatic carbocycles. The summed E-state index contributed by atoms with van der Waals surface area (Å²) in [5.74, 6) is 0.164. The Morgan fingerprint density at radius 3 is 3.05 bits per heavy atom. The second-order valence-electron chi connectivity index (χ2n) is 6.34. The van der Waals surface area contributed by atoms with Crippen molar-refractivity contribution in [3.63, 3.8) is 0 Å². The van der Waals surface area contributed by atoms with E-state index in [9.17, 15) is 4.79 Å². The first-order valence-electron chi connectivity index (χ1n) is 8.09. The summed E-state index contributed by atoms with van der Waals surface area (Å²) in [5, 5.41) is 6.70. The van der Waals surface area contributed by atoms with Crippen molar-refractivity contribution in [2.45, 2.75) is 57.0 Å². The fourth-order valence-corrected chi connectivity index (χ4v) is 3.74. The van der Waals surface area contributed by atoms with Crippen molar-refractivity contribution in [1.82, 2.24) is 10.6 Å². The maximum Gasteiger partial charge on any atom is 0.240 e. The third-order valence-electron chi connectivity index (χ3n) is 5.07. The monoisotopic (exact) mass is 287 g/mol. The van der Waals surface area contributed by atoms with Crippen LogP contribution in [0.1, 0.15) is 56.2 Å². The van der Waals surface area contributed by atoms with E-state index in [1.165, 1.54) is 11.1 Å². The molecule has 0 aromatic heterocycles. The number of amides is 1. The van der Waals surface area contributed by atoms with Crippen LogP contribution < -0.4 is 16.4 Å². The third-order valence-corrected chi connectivity index (χ3v) is 5.07. The first-order chi connectivity index (χ1) is 10.1. The van der Waals surface area contributed by atoms with Crippen molar-refractivity contribution in [3.05, 3.63) is 29.3 Å². The van der Waals surface area contributed by atoms with Gasteiger partial charge in [0.25, 0.3) is 0 Å². The molecule has 4 heteroatoms. The van der Waals surface area contributed by atoms with Crippen molar-refractivity contribution in [1.29, 1.82) is 0 Å². The molecular weight excluding hydrogens is 262 g/mol. The Hall–Kier alpha value is -1.55. The van der Waals surface area contributed by atoms with Crippen LogP contribution in [0.4, 0.5) is 5.69 Å². The maximum absolute atomic E-state index is 12.7. The van der Waals surface area contributed by atoms with Gasteiger partial charge in [-0.15, -0.1) is 0 Å². The van der Waals surface area contributed by atoms with Crippen LogP contribution >= 0.6 is 0 Å². The average Bonchev–Trinajstić information content (AvgIpc) is 2.97. The van der Waals surface area contributed by atoms with Gasteiger partial charge in [-0.05, 0) is 68.3 Å². The molecule has 1 aromatic rings. The number of rotatable bonds is 3. The number of benzene rings is 1. The van der Waals surface area contributed by atoms with Crippen molar-refractivity contribution in [3.8, 4) is 0 Å². The summed E-state index contributed by atoms with van der Waals surface area (Å²) < 4.78 is 0. The number of hydrogen-bond donors (Lipinski definition) is 3. The van der Waals surface area contributed by atoms with Gasteiger partial charge in [-0.25, -0.2) is 0 Å². The molecule has 21 heavy (non-hydrogen) atoms. The van der Waals surface area contributed by atoms with E-state index < -0.39 is 0 Å². The van der Waals surface area contributed by atoms with Crippen molar-refractivity contribution in [2.24, 2.45) is 0 Å². The molecule has 2 unspecified atom stereocenters. The van der Waals surface area contributed by atoms with Crippen LogP contribution in [-0.4, -0.2) is 18.0 Å². The van der Waals surface area contributed by atoms with Crippen LogP contribution in [0, 0.1) is 0 Å². The van der Waals surface area contributed by atoms with E-state index in [4.69, 9.17) is 5.73 Å². The SMILES string of the molecule is CCC1(C(=O)NC2CCCc3cc(N)ccc32)CCCN1. The predicted molar refractivity (Wildman–Crippen MR) is 84.9 cm³/mol. The first-order valence-corrected chi connectivity index (χ1v) is 8.09. The molecule has 1 aromatic carbocycles. The highest BCUT2D eigenvalue weighted by Gasteiger charge is 2.40. The van der Waals surface area contributed by atoms with E-state index in [1.54, 1.807) is 0 Å². The highest BCUT2D eigenvalue weighted by Crippen LogP contribution is 2.32. The zero-order valence-electron chi connectivity index (χ0n) is 12.7. The Kier molecular flexibility index (Phi) is 3.89. The fourth-order valence-electron chi connectivity index (χ4n) is 3.74. The number of carbonyl (C=O) groups excluding carboxylic acids is 1. The van der Waals surface area contributed by atoms with Crippen LogP contribution in [0.2, 0.25) is 0 Å². The largest absolute Gasteiger partial charge is 0.399 e. The van der Waals surface area contributed by atoms with Gasteiger partial charge in [-0.2, -0.15) is 0 Å². The molecular formula is C17H25N3O. The minimum Gasteiger partial charge on any atom is -0.399 e. The number of nitrogens with one attached hydrogen (secondary N) is 2. The van der Waals surface area contributed by atoms with Gasteiger partial charge in [0, 0.05) is 5.69 Å². The molecule has 3 rings (SSSR count). The number of fused-ring (bicyclic) bond motifs is 1. The molecule has 0 saturated carbocycles. The van der Waals surface area contributed by atoms with Crippen LogP contribution in [0.15, 0.2) is 18.2 Å². The number of anilines is 1. The zero-order chi connectivity index (χ0) is 14.9. The highest BCUT2D eigenvalue weighted by atomic mass is 16.2. The summed E-state index contributed by atoms with van der Waals surface area (Å²) in [6, 6.07) is 6.20. The molecule has 1 heterocycles. The second kappa shape index (κ2) is 5.68. The quantitative estimate of drug-likeness (QED) is 0.747. The van der Waals surface area contributed by atoms with E-state index in [0.29, 0.717) is 0 Å². The molecule has 1 fully saturated rings. The van der Waals surface area contributed by atoms with E-state index >= 15 is 0 Å². The number of nitrogen functional groups attached to an aromatic ring is 1. The molecule has 2 aliphatic rings. The molecule has 2 atom stereocenters. The van der Waals surface area contributed by atoms with Gasteiger partial charge in [-0.1, -0.05) is 13.0 Å². The van der Waals surface area contributed by atoms with Crippen LogP contribution in [-0.2, 0) is 11.2 Å². The van der Waals surface area contributed by atoms with Crippen LogP contribution in [0.25, 0.3) is 0 Å². The summed E-state index contributed by atoms with van der Waals surface area (Å²) in [6.45, 7) is 3.03. The van der Waals surface area contributed by atoms with E-state index in [2.05, 4.69) is 29.7 Å². The molecule has 0 radical (unpaired) electrons. The van der Waals surface area contributed by atoms with E-state index in [-0.39, 0.29) is 17.5 Å². The molecule has 4 nitrogen and oxygen atoms in total. The molecule has 4 N–H and O–H groups in total. The van der Waals surface area contributed by atoms with Gasteiger partial charge in [-0.3, -0.25) is 4.79 Å². The molecule has 114 valence electrons. The Balaban J connectivity index is 1.79. The number of aryl methyl sites for hydroxylation is 1. The summed E-state index contributed by atoms with van der Waals surface area (Å²) in [4.78, 5) is 12.7. The van der Waals surface area contributed by atoms with Crippen molar-refractivity contribution < 1.29 is 4.79 Å². The lowest BCUT2D eigenvalue weighted by atomic mass is 9.86. The van der Waals surface area contributed by atoms with E-state index in [1.807, 2.05) is 6.07 Å². The maximum atomic E-state index is 12.7. The predicted octanol–water partition coefficient (Wildman–Crippen LogP) is 2.29. The van der Waals surface area contributed by atoms with Gasteiger partial charge < -0.3 is 16.4 Å². The third kappa shape index (κ3) is 2.64. The van der Waals surface area contributed by atoms with Crippen molar-refractivity contribution in [2.75, 3.05) is 12.3 Å².